The van der Waals surface area contributed by atoms with E-state index in [0.29, 0.717) is 29.6 Å². The first-order chi connectivity index (χ1) is 14.1. The Bertz CT molecular complexity index is 784. The fraction of sp³-hybridized carbons (Fsp3) is 0.591. The van der Waals surface area contributed by atoms with Crippen LogP contribution in [0.3, 0.4) is 0 Å². The smallest absolute Gasteiger partial charge is 0.306 e. The number of esters is 1. The van der Waals surface area contributed by atoms with Crippen LogP contribution in [-0.2, 0) is 9.53 Å². The van der Waals surface area contributed by atoms with E-state index in [2.05, 4.69) is 17.0 Å². The number of aromatic nitrogens is 3. The normalized spacial score (nSPS) is 19.1. The lowest BCUT2D eigenvalue weighted by atomic mass is 10.0. The van der Waals surface area contributed by atoms with Gasteiger partial charge in [0.25, 0.3) is 0 Å². The van der Waals surface area contributed by atoms with E-state index in [-0.39, 0.29) is 18.1 Å². The first-order valence-corrected chi connectivity index (χ1v) is 11.6. The summed E-state index contributed by atoms with van der Waals surface area (Å²) in [7, 11) is 0. The number of fused-ring (bicyclic) bond motifs is 1. The lowest BCUT2D eigenvalue weighted by molar-refractivity contribution is -0.149. The molecule has 1 aliphatic heterocycles. The van der Waals surface area contributed by atoms with Gasteiger partial charge in [-0.05, 0) is 24.8 Å². The molecule has 158 valence electrons. The number of rotatable bonds is 11. The maximum atomic E-state index is 14.4. The summed E-state index contributed by atoms with van der Waals surface area (Å²) in [5.41, 5.74) is 1.03. The van der Waals surface area contributed by atoms with Crippen LogP contribution in [0.15, 0.2) is 35.5 Å². The van der Waals surface area contributed by atoms with Gasteiger partial charge in [-0.3, -0.25) is 4.79 Å². The van der Waals surface area contributed by atoms with Crippen LogP contribution in [0.5, 0.6) is 0 Å². The number of nitrogens with zero attached hydrogens (tertiary/aromatic N) is 3. The van der Waals surface area contributed by atoms with Gasteiger partial charge < -0.3 is 4.74 Å². The van der Waals surface area contributed by atoms with Crippen LogP contribution in [0.2, 0.25) is 0 Å². The van der Waals surface area contributed by atoms with Crippen molar-refractivity contribution in [3.63, 3.8) is 0 Å². The summed E-state index contributed by atoms with van der Waals surface area (Å²) in [5, 5.41) is 5.02. The van der Waals surface area contributed by atoms with Crippen LogP contribution in [0.4, 0.5) is 4.39 Å². The molecule has 1 aromatic heterocycles. The largest absolute Gasteiger partial charge is 0.462 e. The molecule has 1 aliphatic rings. The lowest BCUT2D eigenvalue weighted by Crippen LogP contribution is -2.17. The van der Waals surface area contributed by atoms with Crippen molar-refractivity contribution in [2.45, 2.75) is 82.3 Å². The van der Waals surface area contributed by atoms with Gasteiger partial charge in [0.15, 0.2) is 12.0 Å². The second-order valence-electron chi connectivity index (χ2n) is 7.44. The Kier molecular flexibility index (Phi) is 8.09. The number of unbranched alkanes of at least 4 members (excludes halogenated alkanes) is 2. The fourth-order valence-corrected chi connectivity index (χ4v) is 4.37. The summed E-state index contributed by atoms with van der Waals surface area (Å²) in [5.74, 6) is 0.727. The first-order valence-electron chi connectivity index (χ1n) is 10.6. The van der Waals surface area contributed by atoms with Gasteiger partial charge in [-0.15, -0.1) is 5.10 Å². The van der Waals surface area contributed by atoms with Crippen molar-refractivity contribution in [2.24, 2.45) is 0 Å². The highest BCUT2D eigenvalue weighted by molar-refractivity contribution is 7.99. The molecule has 0 N–H and O–H groups in total. The third-order valence-electron chi connectivity index (χ3n) is 5.25. The molecular formula is C22H30FN3O2S. The Balaban J connectivity index is 1.50. The van der Waals surface area contributed by atoms with Crippen LogP contribution in [0.1, 0.15) is 82.4 Å². The molecule has 1 aromatic carbocycles. The van der Waals surface area contributed by atoms with E-state index in [9.17, 15) is 9.18 Å². The molecule has 0 saturated heterocycles. The van der Waals surface area contributed by atoms with Gasteiger partial charge in [0, 0.05) is 12.2 Å². The molecule has 0 aliphatic carbocycles. The Hall–Kier alpha value is -1.89. The van der Waals surface area contributed by atoms with Crippen molar-refractivity contribution in [1.29, 1.82) is 0 Å². The molecule has 7 heteroatoms. The minimum Gasteiger partial charge on any atom is -0.462 e. The quantitative estimate of drug-likeness (QED) is 0.267. The highest BCUT2D eigenvalue weighted by atomic mass is 32.2. The van der Waals surface area contributed by atoms with E-state index < -0.39 is 6.17 Å². The Labute approximate surface area is 176 Å². The van der Waals surface area contributed by atoms with E-state index >= 15 is 0 Å². The van der Waals surface area contributed by atoms with Crippen LogP contribution >= 0.6 is 11.8 Å². The number of ether oxygens (including phenoxy) is 1. The molecule has 0 amide bonds. The van der Waals surface area contributed by atoms with Gasteiger partial charge in [0.05, 0.1) is 12.5 Å². The monoisotopic (exact) mass is 419 g/mol. The van der Waals surface area contributed by atoms with Crippen LogP contribution < -0.4 is 0 Å². The van der Waals surface area contributed by atoms with Crippen molar-refractivity contribution < 1.29 is 13.9 Å². The molecule has 29 heavy (non-hydrogen) atoms. The van der Waals surface area contributed by atoms with Gasteiger partial charge in [-0.2, -0.15) is 0 Å². The average molecular weight is 420 g/mol. The van der Waals surface area contributed by atoms with Gasteiger partial charge in [0.2, 0.25) is 5.16 Å². The molecule has 0 radical (unpaired) electrons. The Morgan fingerprint density at radius 1 is 1.31 bits per heavy atom. The zero-order chi connectivity index (χ0) is 20.6. The molecule has 1 unspecified atom stereocenters. The summed E-state index contributed by atoms with van der Waals surface area (Å²) in [6.07, 6.45) is 4.76. The summed E-state index contributed by atoms with van der Waals surface area (Å²) in [6, 6.07) is 9.70. The highest BCUT2D eigenvalue weighted by Crippen LogP contribution is 2.40. The third-order valence-corrected chi connectivity index (χ3v) is 6.09. The summed E-state index contributed by atoms with van der Waals surface area (Å²) >= 11 is 1.38. The SMILES string of the molecule is CCCCCC(CC)OC(=O)CCSc1nc2n(n1)[C@H](c1ccccc1)C[C@@H]2F. The molecular weight excluding hydrogens is 389 g/mol. The number of carbonyl (C=O) groups excluding carboxylic acids is 1. The minimum absolute atomic E-state index is 0.00695. The predicted molar refractivity (Wildman–Crippen MR) is 113 cm³/mol. The van der Waals surface area contributed by atoms with Crippen molar-refractivity contribution in [2.75, 3.05) is 5.75 Å². The number of benzene rings is 1. The molecule has 0 saturated carbocycles. The van der Waals surface area contributed by atoms with Crippen LogP contribution in [-0.4, -0.2) is 32.6 Å². The molecule has 0 bridgehead atoms. The predicted octanol–water partition coefficient (Wildman–Crippen LogP) is 5.67. The van der Waals surface area contributed by atoms with E-state index in [1.807, 2.05) is 37.3 Å². The minimum atomic E-state index is -1.11. The van der Waals surface area contributed by atoms with Gasteiger partial charge in [-0.25, -0.2) is 14.1 Å². The van der Waals surface area contributed by atoms with Crippen molar-refractivity contribution >= 4 is 17.7 Å². The molecule has 0 fully saturated rings. The third kappa shape index (κ3) is 5.81. The number of carbonyl (C=O) groups is 1. The maximum Gasteiger partial charge on any atom is 0.306 e. The molecule has 2 heterocycles. The zero-order valence-corrected chi connectivity index (χ0v) is 18.0. The van der Waals surface area contributed by atoms with Gasteiger partial charge in [-0.1, -0.05) is 68.8 Å². The van der Waals surface area contributed by atoms with E-state index in [1.54, 1.807) is 4.68 Å². The number of alkyl halides is 1. The maximum absolute atomic E-state index is 14.4. The molecule has 3 atom stereocenters. The summed E-state index contributed by atoms with van der Waals surface area (Å²) < 4.78 is 21.7. The number of hydrogen-bond acceptors (Lipinski definition) is 5. The summed E-state index contributed by atoms with van der Waals surface area (Å²) in [4.78, 5) is 16.5. The first kappa shape index (κ1) is 21.8. The zero-order valence-electron chi connectivity index (χ0n) is 17.2. The lowest BCUT2D eigenvalue weighted by Gasteiger charge is -2.15. The summed E-state index contributed by atoms with van der Waals surface area (Å²) in [6.45, 7) is 4.21. The van der Waals surface area contributed by atoms with E-state index in [0.717, 1.165) is 31.2 Å². The fourth-order valence-electron chi connectivity index (χ4n) is 3.61. The van der Waals surface area contributed by atoms with Crippen LogP contribution in [0.25, 0.3) is 0 Å². The van der Waals surface area contributed by atoms with Crippen molar-refractivity contribution in [3.05, 3.63) is 41.7 Å². The van der Waals surface area contributed by atoms with Crippen LogP contribution in [0, 0.1) is 0 Å². The van der Waals surface area contributed by atoms with Gasteiger partial charge in [0.1, 0.15) is 6.10 Å². The molecule has 5 nitrogen and oxygen atoms in total. The van der Waals surface area contributed by atoms with Gasteiger partial charge >= 0.3 is 5.97 Å². The van der Waals surface area contributed by atoms with E-state index in [4.69, 9.17) is 4.74 Å². The van der Waals surface area contributed by atoms with Crippen molar-refractivity contribution in [3.8, 4) is 0 Å². The number of thioether (sulfide) groups is 1. The number of hydrogen-bond donors (Lipinski definition) is 0. The average Bonchev–Trinajstić information content (AvgIpc) is 3.28. The van der Waals surface area contributed by atoms with Crippen molar-refractivity contribution in [1.82, 2.24) is 14.8 Å². The Morgan fingerprint density at radius 2 is 2.10 bits per heavy atom. The topological polar surface area (TPSA) is 57.0 Å². The molecule has 0 spiro atoms. The second-order valence-corrected chi connectivity index (χ2v) is 8.50. The highest BCUT2D eigenvalue weighted by Gasteiger charge is 2.35. The standard InChI is InChI=1S/C22H30FN3O2S/c1-3-5-7-12-17(4-2)28-20(27)13-14-29-22-24-21-18(23)15-19(26(21)25-22)16-10-8-6-9-11-16/h6,8-11,17-19H,3-5,7,12-15H2,1-2H3/t17?,18-,19-/m0/s1. The van der Waals surface area contributed by atoms with E-state index in [1.165, 1.54) is 18.2 Å². The molecule has 2 aromatic rings. The second kappa shape index (κ2) is 10.8. The molecule has 3 rings (SSSR count). The Morgan fingerprint density at radius 3 is 2.83 bits per heavy atom. The number of halogens is 1.